The Morgan fingerprint density at radius 2 is 2.10 bits per heavy atom. The summed E-state index contributed by atoms with van der Waals surface area (Å²) in [6, 6.07) is 10.6. The molecule has 3 aromatic rings. The van der Waals surface area contributed by atoms with Gasteiger partial charge in [-0.1, -0.05) is 23.7 Å². The van der Waals surface area contributed by atoms with Gasteiger partial charge in [-0.2, -0.15) is 0 Å². The normalized spacial score (nSPS) is 10.9. The molecule has 0 radical (unpaired) electrons. The zero-order chi connectivity index (χ0) is 14.3. The highest BCUT2D eigenvalue weighted by molar-refractivity contribution is 14.1. The number of hydrogen-bond acceptors (Lipinski definition) is 2. The number of nitrogens with one attached hydrogen (secondary N) is 1. The van der Waals surface area contributed by atoms with E-state index in [1.54, 1.807) is 12.1 Å². The molecule has 0 unspecified atom stereocenters. The smallest absolute Gasteiger partial charge is 0.337 e. The van der Waals surface area contributed by atoms with Crippen molar-refractivity contribution in [3.63, 3.8) is 0 Å². The van der Waals surface area contributed by atoms with Crippen molar-refractivity contribution in [3.05, 3.63) is 50.6 Å². The number of aromatic nitrogens is 2. The van der Waals surface area contributed by atoms with E-state index in [2.05, 4.69) is 32.6 Å². The number of halogens is 2. The van der Waals surface area contributed by atoms with E-state index in [9.17, 15) is 4.79 Å². The number of H-pyrrole nitrogens is 1. The van der Waals surface area contributed by atoms with Gasteiger partial charge in [-0.3, -0.25) is 0 Å². The number of aromatic carboxylic acids is 1. The van der Waals surface area contributed by atoms with Crippen molar-refractivity contribution in [2.75, 3.05) is 0 Å². The van der Waals surface area contributed by atoms with Crippen LogP contribution in [-0.4, -0.2) is 21.0 Å². The average Bonchev–Trinajstić information content (AvgIpc) is 2.85. The van der Waals surface area contributed by atoms with E-state index in [-0.39, 0.29) is 5.56 Å². The summed E-state index contributed by atoms with van der Waals surface area (Å²) in [5, 5.41) is 9.81. The number of para-hydroxylation sites is 1. The molecule has 0 aliphatic rings. The van der Waals surface area contributed by atoms with Crippen molar-refractivity contribution in [1.29, 1.82) is 0 Å². The zero-order valence-electron chi connectivity index (χ0n) is 10.0. The third-order valence-electron chi connectivity index (χ3n) is 2.94. The maximum atomic E-state index is 11.2. The van der Waals surface area contributed by atoms with E-state index in [0.29, 0.717) is 21.9 Å². The molecule has 0 bridgehead atoms. The van der Waals surface area contributed by atoms with Crippen molar-refractivity contribution in [2.45, 2.75) is 0 Å². The van der Waals surface area contributed by atoms with Gasteiger partial charge in [0.2, 0.25) is 0 Å². The lowest BCUT2D eigenvalue weighted by Gasteiger charge is -1.99. The van der Waals surface area contributed by atoms with Crippen LogP contribution in [0.25, 0.3) is 22.4 Å². The zero-order valence-corrected chi connectivity index (χ0v) is 12.9. The van der Waals surface area contributed by atoms with Crippen molar-refractivity contribution >= 4 is 51.2 Å². The molecule has 0 saturated heterocycles. The monoisotopic (exact) mass is 398 g/mol. The Bertz CT molecular complexity index is 829. The molecular weight excluding hydrogens is 391 g/mol. The molecule has 0 saturated carbocycles. The molecule has 6 heteroatoms. The van der Waals surface area contributed by atoms with Crippen LogP contribution in [0.4, 0.5) is 0 Å². The fourth-order valence-corrected chi connectivity index (χ4v) is 2.50. The number of benzene rings is 2. The molecule has 4 nitrogen and oxygen atoms in total. The highest BCUT2D eigenvalue weighted by Gasteiger charge is 2.13. The van der Waals surface area contributed by atoms with Gasteiger partial charge in [-0.25, -0.2) is 9.78 Å². The van der Waals surface area contributed by atoms with E-state index < -0.39 is 5.97 Å². The van der Waals surface area contributed by atoms with Gasteiger partial charge < -0.3 is 10.1 Å². The number of fused-ring (bicyclic) bond motifs is 1. The van der Waals surface area contributed by atoms with Gasteiger partial charge in [0.15, 0.2) is 0 Å². The maximum Gasteiger partial charge on any atom is 0.337 e. The minimum absolute atomic E-state index is 0.182. The van der Waals surface area contributed by atoms with Crippen LogP contribution in [0.5, 0.6) is 0 Å². The SMILES string of the molecule is O=C(O)c1cccc2[nH]c(-c3ccc(I)c(Cl)c3)nc12. The molecule has 0 fully saturated rings. The Hall–Kier alpha value is -1.60. The fraction of sp³-hybridized carbons (Fsp3) is 0. The van der Waals surface area contributed by atoms with E-state index in [1.165, 1.54) is 6.07 Å². The number of rotatable bonds is 2. The van der Waals surface area contributed by atoms with E-state index in [1.807, 2.05) is 18.2 Å². The third-order valence-corrected chi connectivity index (χ3v) is 4.51. The summed E-state index contributed by atoms with van der Waals surface area (Å²) in [7, 11) is 0. The van der Waals surface area contributed by atoms with Crippen molar-refractivity contribution in [2.24, 2.45) is 0 Å². The second kappa shape index (κ2) is 5.06. The number of imidazole rings is 1. The quantitative estimate of drug-likeness (QED) is 0.636. The molecule has 0 atom stereocenters. The molecule has 100 valence electrons. The first kappa shape index (κ1) is 13.4. The Kier molecular flexibility index (Phi) is 3.39. The summed E-state index contributed by atoms with van der Waals surface area (Å²) in [5.74, 6) is -0.388. The molecule has 3 rings (SSSR count). The summed E-state index contributed by atoms with van der Waals surface area (Å²) in [6.45, 7) is 0. The van der Waals surface area contributed by atoms with Gasteiger partial charge in [-0.05, 0) is 46.9 Å². The molecule has 2 N–H and O–H groups in total. The summed E-state index contributed by atoms with van der Waals surface area (Å²) >= 11 is 8.25. The highest BCUT2D eigenvalue weighted by Crippen LogP contribution is 2.27. The van der Waals surface area contributed by atoms with Crippen molar-refractivity contribution in [3.8, 4) is 11.4 Å². The Morgan fingerprint density at radius 3 is 2.80 bits per heavy atom. The molecule has 1 aromatic heterocycles. The van der Waals surface area contributed by atoms with Crippen LogP contribution in [0, 0.1) is 3.57 Å². The van der Waals surface area contributed by atoms with Gasteiger partial charge in [0.05, 0.1) is 16.1 Å². The van der Waals surface area contributed by atoms with Gasteiger partial charge in [-0.15, -0.1) is 0 Å². The van der Waals surface area contributed by atoms with Crippen LogP contribution in [0.1, 0.15) is 10.4 Å². The summed E-state index contributed by atoms with van der Waals surface area (Å²) in [4.78, 5) is 18.7. The van der Waals surface area contributed by atoms with Gasteiger partial charge in [0.1, 0.15) is 11.3 Å². The largest absolute Gasteiger partial charge is 0.478 e. The third kappa shape index (κ3) is 2.27. The number of aromatic amines is 1. The predicted molar refractivity (Wildman–Crippen MR) is 86.2 cm³/mol. The molecule has 0 aliphatic carbocycles. The van der Waals surface area contributed by atoms with Gasteiger partial charge in [0.25, 0.3) is 0 Å². The number of nitrogens with zero attached hydrogens (tertiary/aromatic N) is 1. The standard InChI is InChI=1S/C14H8ClIN2O2/c15-9-6-7(4-5-10(9)16)13-17-11-3-1-2-8(14(19)20)12(11)18-13/h1-6H,(H,17,18)(H,19,20). The summed E-state index contributed by atoms with van der Waals surface area (Å²) in [6.07, 6.45) is 0. The van der Waals surface area contributed by atoms with E-state index in [4.69, 9.17) is 16.7 Å². The lowest BCUT2D eigenvalue weighted by Crippen LogP contribution is -1.96. The maximum absolute atomic E-state index is 11.2. The minimum Gasteiger partial charge on any atom is -0.478 e. The van der Waals surface area contributed by atoms with Crippen LogP contribution in [0.2, 0.25) is 5.02 Å². The molecule has 2 aromatic carbocycles. The number of carboxylic acid groups (broad SMARTS) is 1. The van der Waals surface area contributed by atoms with Gasteiger partial charge >= 0.3 is 5.97 Å². The van der Waals surface area contributed by atoms with Crippen molar-refractivity contribution < 1.29 is 9.90 Å². The first-order chi connectivity index (χ1) is 9.56. The molecule has 1 heterocycles. The second-order valence-corrected chi connectivity index (χ2v) is 5.79. The van der Waals surface area contributed by atoms with Crippen LogP contribution in [-0.2, 0) is 0 Å². The summed E-state index contributed by atoms with van der Waals surface area (Å²) in [5.41, 5.74) is 2.14. The second-order valence-electron chi connectivity index (χ2n) is 4.22. The Morgan fingerprint density at radius 1 is 1.30 bits per heavy atom. The van der Waals surface area contributed by atoms with E-state index in [0.717, 1.165) is 9.13 Å². The van der Waals surface area contributed by atoms with Gasteiger partial charge in [0, 0.05) is 9.13 Å². The molecule has 0 amide bonds. The van der Waals surface area contributed by atoms with Crippen LogP contribution in [0.3, 0.4) is 0 Å². The first-order valence-electron chi connectivity index (χ1n) is 5.73. The number of carbonyl (C=O) groups is 1. The molecule has 0 aliphatic heterocycles. The molecule has 0 spiro atoms. The Balaban J connectivity index is 2.20. The van der Waals surface area contributed by atoms with Crippen molar-refractivity contribution in [1.82, 2.24) is 9.97 Å². The number of carboxylic acids is 1. The lowest BCUT2D eigenvalue weighted by molar-refractivity contribution is 0.0699. The van der Waals surface area contributed by atoms with E-state index >= 15 is 0 Å². The average molecular weight is 399 g/mol. The highest BCUT2D eigenvalue weighted by atomic mass is 127. The summed E-state index contributed by atoms with van der Waals surface area (Å²) < 4.78 is 0.954. The fourth-order valence-electron chi connectivity index (χ4n) is 1.98. The van der Waals surface area contributed by atoms with Crippen LogP contribution >= 0.6 is 34.2 Å². The van der Waals surface area contributed by atoms with Crippen LogP contribution < -0.4 is 0 Å². The predicted octanol–water partition coefficient (Wildman–Crippen LogP) is 4.19. The number of hydrogen-bond donors (Lipinski definition) is 2. The molecule has 20 heavy (non-hydrogen) atoms. The Labute approximate surface area is 132 Å². The van der Waals surface area contributed by atoms with Crippen LogP contribution in [0.15, 0.2) is 36.4 Å². The topological polar surface area (TPSA) is 66.0 Å². The lowest BCUT2D eigenvalue weighted by atomic mass is 10.2. The minimum atomic E-state index is -0.991. The molecular formula is C14H8ClIN2O2. The first-order valence-corrected chi connectivity index (χ1v) is 7.19.